The maximum Gasteiger partial charge on any atom is 0.253 e. The summed E-state index contributed by atoms with van der Waals surface area (Å²) in [4.78, 5) is 14.7. The van der Waals surface area contributed by atoms with Crippen molar-refractivity contribution in [2.75, 3.05) is 13.6 Å². The van der Waals surface area contributed by atoms with E-state index in [2.05, 4.69) is 5.32 Å². The van der Waals surface area contributed by atoms with Crippen LogP contribution in [0.2, 0.25) is 10.0 Å². The van der Waals surface area contributed by atoms with Crippen molar-refractivity contribution in [1.29, 1.82) is 0 Å². The Kier molecular flexibility index (Phi) is 4.96. The van der Waals surface area contributed by atoms with Gasteiger partial charge in [-0.1, -0.05) is 29.6 Å². The van der Waals surface area contributed by atoms with E-state index in [0.717, 1.165) is 13.0 Å². The van der Waals surface area contributed by atoms with Crippen LogP contribution in [-0.2, 0) is 0 Å². The second-order valence-corrected chi connectivity index (χ2v) is 7.22. The number of nitrogens with one attached hydrogen (secondary N) is 1. The summed E-state index contributed by atoms with van der Waals surface area (Å²) in [5, 5.41) is 4.52. The van der Waals surface area contributed by atoms with E-state index in [1.807, 2.05) is 11.9 Å². The summed E-state index contributed by atoms with van der Waals surface area (Å²) in [6.07, 6.45) is 5.98. The predicted octanol–water partition coefficient (Wildman–Crippen LogP) is 3.99. The topological polar surface area (TPSA) is 32.3 Å². The molecule has 1 amide bonds. The highest BCUT2D eigenvalue weighted by atomic mass is 35.5. The average molecular weight is 341 g/mol. The number of hydrogen-bond acceptors (Lipinski definition) is 2. The van der Waals surface area contributed by atoms with E-state index in [1.54, 1.807) is 18.2 Å². The standard InChI is InChI=1S/C17H22Cl2N2O/c1-21(17(22)11-7-8-13(18)14(19)10-11)16-6-2-4-12(16)15-5-3-9-20-15/h7-8,10,12,15-16,20H,2-6,9H2,1H3/t12-,15?,16-/m1/s1. The van der Waals surface area contributed by atoms with Crippen molar-refractivity contribution in [3.8, 4) is 0 Å². The van der Waals surface area contributed by atoms with Crippen molar-refractivity contribution in [1.82, 2.24) is 10.2 Å². The van der Waals surface area contributed by atoms with Crippen LogP contribution in [0.3, 0.4) is 0 Å². The van der Waals surface area contributed by atoms with Gasteiger partial charge in [0.1, 0.15) is 0 Å². The van der Waals surface area contributed by atoms with E-state index < -0.39 is 0 Å². The Morgan fingerprint density at radius 1 is 1.18 bits per heavy atom. The zero-order chi connectivity index (χ0) is 15.7. The van der Waals surface area contributed by atoms with Crippen molar-refractivity contribution in [3.05, 3.63) is 33.8 Å². The van der Waals surface area contributed by atoms with E-state index in [4.69, 9.17) is 23.2 Å². The summed E-state index contributed by atoms with van der Waals surface area (Å²) in [6, 6.07) is 6.00. The van der Waals surface area contributed by atoms with Gasteiger partial charge in [0.05, 0.1) is 10.0 Å². The Bertz CT molecular complexity index is 558. The van der Waals surface area contributed by atoms with Gasteiger partial charge in [-0.2, -0.15) is 0 Å². The molecule has 0 radical (unpaired) electrons. The minimum atomic E-state index is 0.0356. The molecule has 1 saturated heterocycles. The molecule has 1 aliphatic carbocycles. The predicted molar refractivity (Wildman–Crippen MR) is 90.7 cm³/mol. The molecule has 1 unspecified atom stereocenters. The first kappa shape index (κ1) is 16.1. The lowest BCUT2D eigenvalue weighted by atomic mass is 9.92. The lowest BCUT2D eigenvalue weighted by molar-refractivity contribution is 0.0679. The van der Waals surface area contributed by atoms with Crippen molar-refractivity contribution in [2.24, 2.45) is 5.92 Å². The van der Waals surface area contributed by atoms with Crippen molar-refractivity contribution in [2.45, 2.75) is 44.2 Å². The van der Waals surface area contributed by atoms with E-state index in [9.17, 15) is 4.79 Å². The van der Waals surface area contributed by atoms with Gasteiger partial charge in [-0.15, -0.1) is 0 Å². The third-order valence-corrected chi connectivity index (χ3v) is 5.87. The third-order valence-electron chi connectivity index (χ3n) is 5.13. The number of carbonyl (C=O) groups excluding carboxylic acids is 1. The van der Waals surface area contributed by atoms with Crippen LogP contribution in [0.1, 0.15) is 42.5 Å². The molecule has 2 fully saturated rings. The molecule has 22 heavy (non-hydrogen) atoms. The fourth-order valence-electron chi connectivity index (χ4n) is 3.98. The second-order valence-electron chi connectivity index (χ2n) is 6.41. The molecule has 3 rings (SSSR count). The average Bonchev–Trinajstić information content (AvgIpc) is 3.18. The Balaban J connectivity index is 1.75. The second kappa shape index (κ2) is 6.77. The van der Waals surface area contributed by atoms with Gasteiger partial charge in [0.15, 0.2) is 0 Å². The number of rotatable bonds is 3. The van der Waals surface area contributed by atoms with Crippen LogP contribution >= 0.6 is 23.2 Å². The highest BCUT2D eigenvalue weighted by molar-refractivity contribution is 6.42. The van der Waals surface area contributed by atoms with Gasteiger partial charge in [-0.25, -0.2) is 0 Å². The first-order valence-electron chi connectivity index (χ1n) is 8.03. The SMILES string of the molecule is CN(C(=O)c1ccc(Cl)c(Cl)c1)[C@@H]1CCC[C@@H]1C1CCCN1. The molecular weight excluding hydrogens is 319 g/mol. The molecule has 1 N–H and O–H groups in total. The molecule has 1 aliphatic heterocycles. The lowest BCUT2D eigenvalue weighted by Gasteiger charge is -2.33. The van der Waals surface area contributed by atoms with Gasteiger partial charge < -0.3 is 10.2 Å². The summed E-state index contributed by atoms with van der Waals surface area (Å²) in [5.74, 6) is 0.604. The van der Waals surface area contributed by atoms with Gasteiger partial charge in [-0.3, -0.25) is 4.79 Å². The minimum absolute atomic E-state index is 0.0356. The molecule has 2 aliphatic rings. The number of benzene rings is 1. The van der Waals surface area contributed by atoms with Gasteiger partial charge >= 0.3 is 0 Å². The van der Waals surface area contributed by atoms with Gasteiger partial charge in [0, 0.05) is 24.7 Å². The molecule has 0 spiro atoms. The smallest absolute Gasteiger partial charge is 0.253 e. The number of carbonyl (C=O) groups is 1. The molecule has 3 nitrogen and oxygen atoms in total. The molecule has 0 bridgehead atoms. The first-order valence-corrected chi connectivity index (χ1v) is 8.79. The molecule has 3 atom stereocenters. The molecule has 0 aromatic heterocycles. The van der Waals surface area contributed by atoms with Crippen LogP contribution < -0.4 is 5.32 Å². The Morgan fingerprint density at radius 2 is 2.00 bits per heavy atom. The molecule has 5 heteroatoms. The fraction of sp³-hybridized carbons (Fsp3) is 0.588. The highest BCUT2D eigenvalue weighted by Gasteiger charge is 2.38. The maximum absolute atomic E-state index is 12.8. The quantitative estimate of drug-likeness (QED) is 0.902. The Morgan fingerprint density at radius 3 is 2.68 bits per heavy atom. The fourth-order valence-corrected chi connectivity index (χ4v) is 4.28. The maximum atomic E-state index is 12.8. The van der Waals surface area contributed by atoms with Crippen LogP contribution in [0.15, 0.2) is 18.2 Å². The zero-order valence-electron chi connectivity index (χ0n) is 12.8. The number of hydrogen-bond donors (Lipinski definition) is 1. The number of halogens is 2. The zero-order valence-corrected chi connectivity index (χ0v) is 14.3. The van der Waals surface area contributed by atoms with Crippen molar-refractivity contribution >= 4 is 29.1 Å². The number of nitrogens with zero attached hydrogens (tertiary/aromatic N) is 1. The highest BCUT2D eigenvalue weighted by Crippen LogP contribution is 2.35. The summed E-state index contributed by atoms with van der Waals surface area (Å²) in [7, 11) is 1.92. The van der Waals surface area contributed by atoms with E-state index >= 15 is 0 Å². The molecule has 1 aromatic rings. The molecular formula is C17H22Cl2N2O. The Labute approximate surface area is 142 Å². The van der Waals surface area contributed by atoms with E-state index in [0.29, 0.717) is 33.6 Å². The normalized spacial score (nSPS) is 28.0. The number of amides is 1. The molecule has 1 aromatic carbocycles. The van der Waals surface area contributed by atoms with Crippen LogP contribution in [-0.4, -0.2) is 36.5 Å². The van der Waals surface area contributed by atoms with Gasteiger partial charge in [0.2, 0.25) is 0 Å². The lowest BCUT2D eigenvalue weighted by Crippen LogP contribution is -2.45. The van der Waals surface area contributed by atoms with E-state index in [1.165, 1.54) is 25.7 Å². The monoisotopic (exact) mass is 340 g/mol. The summed E-state index contributed by atoms with van der Waals surface area (Å²) >= 11 is 12.0. The van der Waals surface area contributed by atoms with Crippen molar-refractivity contribution in [3.63, 3.8) is 0 Å². The third kappa shape index (κ3) is 3.12. The summed E-state index contributed by atoms with van der Waals surface area (Å²) in [5.41, 5.74) is 0.613. The molecule has 120 valence electrons. The van der Waals surface area contributed by atoms with Crippen LogP contribution in [0.25, 0.3) is 0 Å². The molecule has 1 heterocycles. The van der Waals surface area contributed by atoms with Gasteiger partial charge in [-0.05, 0) is 56.3 Å². The Hall–Kier alpha value is -0.770. The molecule has 1 saturated carbocycles. The summed E-state index contributed by atoms with van der Waals surface area (Å²) in [6.45, 7) is 1.11. The van der Waals surface area contributed by atoms with Crippen molar-refractivity contribution < 1.29 is 4.79 Å². The summed E-state index contributed by atoms with van der Waals surface area (Å²) < 4.78 is 0. The van der Waals surface area contributed by atoms with Crippen LogP contribution in [0, 0.1) is 5.92 Å². The first-order chi connectivity index (χ1) is 10.6. The largest absolute Gasteiger partial charge is 0.338 e. The van der Waals surface area contributed by atoms with Crippen LogP contribution in [0.4, 0.5) is 0 Å². The van der Waals surface area contributed by atoms with Gasteiger partial charge in [0.25, 0.3) is 5.91 Å². The van der Waals surface area contributed by atoms with Crippen LogP contribution in [0.5, 0.6) is 0 Å². The minimum Gasteiger partial charge on any atom is -0.338 e. The van der Waals surface area contributed by atoms with E-state index in [-0.39, 0.29) is 5.91 Å².